The molecular formula is C14H16ClN3O2S. The summed E-state index contributed by atoms with van der Waals surface area (Å²) in [4.78, 5) is 4.12. The summed E-state index contributed by atoms with van der Waals surface area (Å²) in [5.74, 6) is 0. The van der Waals surface area contributed by atoms with E-state index in [2.05, 4.69) is 9.71 Å². The van der Waals surface area contributed by atoms with Gasteiger partial charge in [-0.15, -0.1) is 0 Å². The Labute approximate surface area is 129 Å². The third-order valence-electron chi connectivity index (χ3n) is 3.18. The van der Waals surface area contributed by atoms with E-state index in [1.807, 2.05) is 0 Å². The number of sulfonamides is 1. The fraction of sp³-hybridized carbons (Fsp3) is 0.214. The molecule has 0 saturated heterocycles. The molecule has 0 spiro atoms. The molecule has 0 saturated carbocycles. The first kappa shape index (κ1) is 15.6. The van der Waals surface area contributed by atoms with Crippen LogP contribution in [-0.4, -0.2) is 13.4 Å². The van der Waals surface area contributed by atoms with Crippen molar-refractivity contribution < 1.29 is 8.42 Å². The summed E-state index contributed by atoms with van der Waals surface area (Å²) in [6.45, 7) is 5.15. The topological polar surface area (TPSA) is 85.1 Å². The summed E-state index contributed by atoms with van der Waals surface area (Å²) in [7, 11) is -3.79. The molecule has 7 heteroatoms. The molecule has 0 aliphatic heterocycles. The van der Waals surface area contributed by atoms with Gasteiger partial charge in [-0.1, -0.05) is 23.7 Å². The molecule has 0 radical (unpaired) electrons. The molecule has 0 aliphatic rings. The summed E-state index contributed by atoms with van der Waals surface area (Å²) < 4.78 is 27.7. The Bertz CT molecular complexity index is 804. The van der Waals surface area contributed by atoms with E-state index in [9.17, 15) is 8.42 Å². The first-order chi connectivity index (χ1) is 9.72. The molecule has 21 heavy (non-hydrogen) atoms. The first-order valence-corrected chi connectivity index (χ1v) is 8.10. The standard InChI is InChI=1S/C14H16ClN3O2S/c1-8-4-5-9(2)14(13(8)16)21(19,20)18-11-6-7-12(15)17-10(11)3/h4-7,18H,16H2,1-3H3. The highest BCUT2D eigenvalue weighted by molar-refractivity contribution is 7.93. The van der Waals surface area contributed by atoms with Crippen LogP contribution in [0.5, 0.6) is 0 Å². The molecule has 0 amide bonds. The number of pyridine rings is 1. The third kappa shape index (κ3) is 3.11. The lowest BCUT2D eigenvalue weighted by molar-refractivity contribution is 0.601. The van der Waals surface area contributed by atoms with E-state index in [1.54, 1.807) is 39.0 Å². The molecule has 0 aliphatic carbocycles. The van der Waals surface area contributed by atoms with Gasteiger partial charge in [0.1, 0.15) is 10.0 Å². The minimum atomic E-state index is -3.79. The number of anilines is 2. The Morgan fingerprint density at radius 1 is 1.10 bits per heavy atom. The number of halogens is 1. The van der Waals surface area contributed by atoms with Crippen molar-refractivity contribution in [3.63, 3.8) is 0 Å². The summed E-state index contributed by atoms with van der Waals surface area (Å²) in [5, 5.41) is 0.307. The number of nitrogens with two attached hydrogens (primary N) is 1. The average Bonchev–Trinajstić information content (AvgIpc) is 2.37. The number of nitrogens with one attached hydrogen (secondary N) is 1. The van der Waals surface area contributed by atoms with Crippen LogP contribution in [0.3, 0.4) is 0 Å². The Morgan fingerprint density at radius 2 is 1.71 bits per heavy atom. The molecule has 1 heterocycles. The van der Waals surface area contributed by atoms with E-state index < -0.39 is 10.0 Å². The van der Waals surface area contributed by atoms with Gasteiger partial charge in [0.25, 0.3) is 10.0 Å². The number of aromatic nitrogens is 1. The van der Waals surface area contributed by atoms with E-state index in [4.69, 9.17) is 17.3 Å². The summed E-state index contributed by atoms with van der Waals surface area (Å²) in [5.41, 5.74) is 8.35. The van der Waals surface area contributed by atoms with Crippen LogP contribution in [0.2, 0.25) is 5.15 Å². The van der Waals surface area contributed by atoms with Crippen LogP contribution in [0.25, 0.3) is 0 Å². The number of aryl methyl sites for hydroxylation is 3. The lowest BCUT2D eigenvalue weighted by Gasteiger charge is -2.15. The van der Waals surface area contributed by atoms with E-state index >= 15 is 0 Å². The molecule has 0 fully saturated rings. The van der Waals surface area contributed by atoms with E-state index in [0.717, 1.165) is 0 Å². The van der Waals surface area contributed by atoms with Crippen molar-refractivity contribution in [1.82, 2.24) is 4.98 Å². The Balaban J connectivity index is 2.51. The van der Waals surface area contributed by atoms with Gasteiger partial charge in [-0.3, -0.25) is 4.72 Å². The zero-order valence-electron chi connectivity index (χ0n) is 11.9. The van der Waals surface area contributed by atoms with Gasteiger partial charge in [-0.25, -0.2) is 13.4 Å². The van der Waals surface area contributed by atoms with Crippen LogP contribution in [0.1, 0.15) is 16.8 Å². The minimum absolute atomic E-state index is 0.0943. The van der Waals surface area contributed by atoms with Gasteiger partial charge in [0.05, 0.1) is 17.1 Å². The van der Waals surface area contributed by atoms with E-state index in [1.165, 1.54) is 6.07 Å². The molecule has 0 unspecified atom stereocenters. The molecule has 1 aromatic carbocycles. The highest BCUT2D eigenvalue weighted by Gasteiger charge is 2.22. The second-order valence-corrected chi connectivity index (χ2v) is 6.82. The summed E-state index contributed by atoms with van der Waals surface area (Å²) in [6, 6.07) is 6.62. The second kappa shape index (κ2) is 5.54. The van der Waals surface area contributed by atoms with Crippen molar-refractivity contribution in [3.05, 3.63) is 46.2 Å². The monoisotopic (exact) mass is 325 g/mol. The predicted molar refractivity (Wildman–Crippen MR) is 85.1 cm³/mol. The van der Waals surface area contributed by atoms with Crippen LogP contribution in [0.4, 0.5) is 11.4 Å². The maximum Gasteiger partial charge on any atom is 0.264 e. The summed E-state index contributed by atoms with van der Waals surface area (Å²) in [6.07, 6.45) is 0. The van der Waals surface area contributed by atoms with Crippen LogP contribution in [0, 0.1) is 20.8 Å². The molecule has 1 aromatic heterocycles. The van der Waals surface area contributed by atoms with Gasteiger partial charge >= 0.3 is 0 Å². The molecule has 3 N–H and O–H groups in total. The zero-order valence-corrected chi connectivity index (χ0v) is 13.5. The molecular weight excluding hydrogens is 310 g/mol. The summed E-state index contributed by atoms with van der Waals surface area (Å²) >= 11 is 5.77. The van der Waals surface area contributed by atoms with Crippen LogP contribution < -0.4 is 10.5 Å². The first-order valence-electron chi connectivity index (χ1n) is 6.24. The maximum atomic E-state index is 12.6. The highest BCUT2D eigenvalue weighted by atomic mass is 35.5. The number of rotatable bonds is 3. The molecule has 5 nitrogen and oxygen atoms in total. The molecule has 112 valence electrons. The predicted octanol–water partition coefficient (Wildman–Crippen LogP) is 3.04. The maximum absolute atomic E-state index is 12.6. The lowest BCUT2D eigenvalue weighted by atomic mass is 10.1. The highest BCUT2D eigenvalue weighted by Crippen LogP contribution is 2.28. The average molecular weight is 326 g/mol. The van der Waals surface area contributed by atoms with Crippen molar-refractivity contribution in [1.29, 1.82) is 0 Å². The third-order valence-corrected chi connectivity index (χ3v) is 4.95. The van der Waals surface area contributed by atoms with Crippen molar-refractivity contribution in [2.24, 2.45) is 0 Å². The van der Waals surface area contributed by atoms with Gasteiger partial charge in [-0.05, 0) is 44.0 Å². The molecule has 0 bridgehead atoms. The lowest BCUT2D eigenvalue weighted by Crippen LogP contribution is -2.17. The molecule has 2 rings (SSSR count). The quantitative estimate of drug-likeness (QED) is 0.671. The van der Waals surface area contributed by atoms with Crippen molar-refractivity contribution >= 4 is 33.0 Å². The Hall–Kier alpha value is -1.79. The van der Waals surface area contributed by atoms with Crippen LogP contribution >= 0.6 is 11.6 Å². The van der Waals surface area contributed by atoms with Gasteiger partial charge in [0.15, 0.2) is 0 Å². The fourth-order valence-corrected chi connectivity index (χ4v) is 3.74. The van der Waals surface area contributed by atoms with Crippen molar-refractivity contribution in [2.45, 2.75) is 25.7 Å². The van der Waals surface area contributed by atoms with Crippen LogP contribution in [-0.2, 0) is 10.0 Å². The second-order valence-electron chi connectivity index (χ2n) is 4.81. The van der Waals surface area contributed by atoms with E-state index in [0.29, 0.717) is 27.7 Å². The Morgan fingerprint density at radius 3 is 2.33 bits per heavy atom. The number of hydrogen-bond donors (Lipinski definition) is 2. The largest absolute Gasteiger partial charge is 0.397 e. The van der Waals surface area contributed by atoms with Gasteiger partial charge in [-0.2, -0.15) is 0 Å². The number of nitrogens with zero attached hydrogens (tertiary/aromatic N) is 1. The van der Waals surface area contributed by atoms with Gasteiger partial charge < -0.3 is 5.73 Å². The van der Waals surface area contributed by atoms with Gasteiger partial charge in [0, 0.05) is 0 Å². The number of benzene rings is 1. The van der Waals surface area contributed by atoms with Crippen molar-refractivity contribution in [2.75, 3.05) is 10.5 Å². The van der Waals surface area contributed by atoms with Crippen molar-refractivity contribution in [3.8, 4) is 0 Å². The molecule has 0 atom stereocenters. The molecule has 2 aromatic rings. The van der Waals surface area contributed by atoms with E-state index in [-0.39, 0.29) is 10.6 Å². The SMILES string of the molecule is Cc1ccc(C)c(S(=O)(=O)Nc2ccc(Cl)nc2C)c1N. The smallest absolute Gasteiger partial charge is 0.264 e. The number of hydrogen-bond acceptors (Lipinski definition) is 4. The number of nitrogen functional groups attached to an aromatic ring is 1. The fourth-order valence-electron chi connectivity index (χ4n) is 2.00. The zero-order chi connectivity index (χ0) is 15.8. The minimum Gasteiger partial charge on any atom is -0.397 e. The van der Waals surface area contributed by atoms with Crippen LogP contribution in [0.15, 0.2) is 29.2 Å². The normalized spacial score (nSPS) is 11.4. The Kier molecular flexibility index (Phi) is 4.11. The van der Waals surface area contributed by atoms with Gasteiger partial charge in [0.2, 0.25) is 0 Å².